The van der Waals surface area contributed by atoms with Crippen LogP contribution in [0.5, 0.6) is 11.5 Å². The molecule has 4 heteroatoms. The van der Waals surface area contributed by atoms with Crippen molar-refractivity contribution in [2.75, 3.05) is 13.2 Å². The minimum absolute atomic E-state index is 0.760. The van der Waals surface area contributed by atoms with Gasteiger partial charge in [-0.05, 0) is 61.1 Å². The molecule has 36 heavy (non-hydrogen) atoms. The number of benzene rings is 2. The van der Waals surface area contributed by atoms with E-state index in [1.807, 2.05) is 0 Å². The number of rotatable bonds is 15. The van der Waals surface area contributed by atoms with Gasteiger partial charge in [0.25, 0.3) is 0 Å². The third-order valence-electron chi connectivity index (χ3n) is 6.26. The molecule has 0 aliphatic rings. The quantitative estimate of drug-likeness (QED) is 0.144. The van der Waals surface area contributed by atoms with E-state index in [2.05, 4.69) is 119 Å². The molecule has 0 N–H and O–H groups in total. The lowest BCUT2D eigenvalue weighted by Gasteiger charge is -2.09. The van der Waals surface area contributed by atoms with E-state index in [1.165, 1.54) is 36.8 Å². The van der Waals surface area contributed by atoms with Gasteiger partial charge < -0.3 is 9.47 Å². The molecule has 2 heterocycles. The molecule has 4 rings (SSSR count). The molecule has 4 nitrogen and oxygen atoms in total. The van der Waals surface area contributed by atoms with Crippen molar-refractivity contribution in [1.82, 2.24) is 0 Å². The lowest BCUT2D eigenvalue weighted by atomic mass is 10.1. The number of pyridine rings is 2. The zero-order valence-corrected chi connectivity index (χ0v) is 21.2. The highest BCUT2D eigenvalue weighted by Gasteiger charge is 2.03. The molecule has 0 radical (unpaired) electrons. The van der Waals surface area contributed by atoms with Gasteiger partial charge in [-0.3, -0.25) is 0 Å². The van der Waals surface area contributed by atoms with Crippen molar-refractivity contribution >= 4 is 0 Å². The fourth-order valence-corrected chi connectivity index (χ4v) is 4.18. The molecular weight excluding hydrogens is 444 g/mol. The molecule has 0 atom stereocenters. The SMILES string of the molecule is c1cc[n+](CCCCCOc2ccc(-c3ccc(OCCCCC[n+]4ccccc4)cc3)cc2)cc1. The maximum atomic E-state index is 5.94. The van der Waals surface area contributed by atoms with Crippen molar-refractivity contribution in [2.24, 2.45) is 0 Å². The van der Waals surface area contributed by atoms with Crippen LogP contribution in [0, 0.1) is 0 Å². The number of nitrogens with zero attached hydrogens (tertiary/aromatic N) is 2. The van der Waals surface area contributed by atoms with Gasteiger partial charge in [-0.2, -0.15) is 0 Å². The summed E-state index contributed by atoms with van der Waals surface area (Å²) in [6, 6.07) is 29.2. The van der Waals surface area contributed by atoms with Gasteiger partial charge in [-0.15, -0.1) is 0 Å². The molecule has 0 aliphatic heterocycles. The summed E-state index contributed by atoms with van der Waals surface area (Å²) in [4.78, 5) is 0. The van der Waals surface area contributed by atoms with Crippen LogP contribution in [0.25, 0.3) is 11.1 Å². The average Bonchev–Trinajstić information content (AvgIpc) is 2.94. The van der Waals surface area contributed by atoms with Gasteiger partial charge in [0.2, 0.25) is 0 Å². The highest BCUT2D eigenvalue weighted by atomic mass is 16.5. The van der Waals surface area contributed by atoms with E-state index < -0.39 is 0 Å². The van der Waals surface area contributed by atoms with Crippen LogP contribution in [-0.4, -0.2) is 13.2 Å². The van der Waals surface area contributed by atoms with E-state index in [0.717, 1.165) is 50.6 Å². The van der Waals surface area contributed by atoms with Gasteiger partial charge in [0.1, 0.15) is 24.6 Å². The van der Waals surface area contributed by atoms with E-state index >= 15 is 0 Å². The molecule has 0 spiro atoms. The third-order valence-corrected chi connectivity index (χ3v) is 6.26. The van der Waals surface area contributed by atoms with Gasteiger partial charge in [0, 0.05) is 37.1 Å². The van der Waals surface area contributed by atoms with Crippen LogP contribution in [0.4, 0.5) is 0 Å². The van der Waals surface area contributed by atoms with E-state index in [0.29, 0.717) is 0 Å². The standard InChI is InChI=1S/C32H38N2O2/c1-5-21-33(22-6-1)25-9-3-11-27-35-31-17-13-29(14-18-31)30-15-19-32(20-16-30)36-28-12-4-10-26-34-23-7-2-8-24-34/h1-2,5-8,13-24H,3-4,9-12,25-28H2/q+2. The van der Waals surface area contributed by atoms with Gasteiger partial charge in [0.05, 0.1) is 13.2 Å². The van der Waals surface area contributed by atoms with Crippen LogP contribution in [-0.2, 0) is 13.1 Å². The van der Waals surface area contributed by atoms with Crippen LogP contribution < -0.4 is 18.6 Å². The number of ether oxygens (including phenoxy) is 2. The van der Waals surface area contributed by atoms with Crippen LogP contribution in [0.2, 0.25) is 0 Å². The minimum Gasteiger partial charge on any atom is -0.494 e. The zero-order chi connectivity index (χ0) is 24.7. The average molecular weight is 483 g/mol. The maximum Gasteiger partial charge on any atom is 0.168 e. The second-order valence-corrected chi connectivity index (χ2v) is 9.09. The minimum atomic E-state index is 0.760. The first-order valence-electron chi connectivity index (χ1n) is 13.2. The summed E-state index contributed by atoms with van der Waals surface area (Å²) in [6.45, 7) is 3.65. The summed E-state index contributed by atoms with van der Waals surface area (Å²) in [5.41, 5.74) is 2.37. The van der Waals surface area contributed by atoms with Crippen molar-refractivity contribution in [1.29, 1.82) is 0 Å². The van der Waals surface area contributed by atoms with E-state index in [-0.39, 0.29) is 0 Å². The molecule has 186 valence electrons. The summed E-state index contributed by atoms with van der Waals surface area (Å²) in [7, 11) is 0. The van der Waals surface area contributed by atoms with Crippen molar-refractivity contribution in [3.8, 4) is 22.6 Å². The molecule has 0 fully saturated rings. The summed E-state index contributed by atoms with van der Waals surface area (Å²) >= 11 is 0. The first kappa shape index (κ1) is 25.4. The van der Waals surface area contributed by atoms with Crippen molar-refractivity contribution in [2.45, 2.75) is 51.6 Å². The summed E-state index contributed by atoms with van der Waals surface area (Å²) in [6.07, 6.45) is 15.3. The van der Waals surface area contributed by atoms with E-state index in [9.17, 15) is 0 Å². The van der Waals surface area contributed by atoms with Crippen molar-refractivity contribution in [3.63, 3.8) is 0 Å². The summed E-state index contributed by atoms with van der Waals surface area (Å²) in [5, 5.41) is 0. The lowest BCUT2D eigenvalue weighted by molar-refractivity contribution is -0.697. The van der Waals surface area contributed by atoms with Crippen LogP contribution in [0.1, 0.15) is 38.5 Å². The number of aryl methyl sites for hydroxylation is 2. The molecule has 0 unspecified atom stereocenters. The van der Waals surface area contributed by atoms with E-state index in [4.69, 9.17) is 9.47 Å². The lowest BCUT2D eigenvalue weighted by Crippen LogP contribution is -2.32. The summed E-state index contributed by atoms with van der Waals surface area (Å²) < 4.78 is 16.3. The highest BCUT2D eigenvalue weighted by molar-refractivity contribution is 5.64. The highest BCUT2D eigenvalue weighted by Crippen LogP contribution is 2.25. The van der Waals surface area contributed by atoms with Crippen molar-refractivity contribution < 1.29 is 18.6 Å². The number of hydrogen-bond donors (Lipinski definition) is 0. The van der Waals surface area contributed by atoms with Crippen molar-refractivity contribution in [3.05, 3.63) is 110 Å². The maximum absolute atomic E-state index is 5.94. The van der Waals surface area contributed by atoms with Gasteiger partial charge >= 0.3 is 0 Å². The molecule has 4 aromatic rings. The normalized spacial score (nSPS) is 10.8. The first-order chi connectivity index (χ1) is 17.9. The summed E-state index contributed by atoms with van der Waals surface area (Å²) in [5.74, 6) is 1.86. The number of aromatic nitrogens is 2. The molecule has 0 saturated heterocycles. The smallest absolute Gasteiger partial charge is 0.168 e. The predicted molar refractivity (Wildman–Crippen MR) is 144 cm³/mol. The van der Waals surface area contributed by atoms with Gasteiger partial charge in [0.15, 0.2) is 24.8 Å². The van der Waals surface area contributed by atoms with Gasteiger partial charge in [-0.1, -0.05) is 36.4 Å². The second-order valence-electron chi connectivity index (χ2n) is 9.09. The Kier molecular flexibility index (Phi) is 10.4. The van der Waals surface area contributed by atoms with Gasteiger partial charge in [-0.25, -0.2) is 9.13 Å². The molecule has 0 amide bonds. The zero-order valence-electron chi connectivity index (χ0n) is 21.2. The fourth-order valence-electron chi connectivity index (χ4n) is 4.18. The number of hydrogen-bond acceptors (Lipinski definition) is 2. The molecule has 2 aromatic carbocycles. The first-order valence-corrected chi connectivity index (χ1v) is 13.2. The Balaban J connectivity index is 1.09. The van der Waals surface area contributed by atoms with Crippen LogP contribution in [0.15, 0.2) is 110 Å². The van der Waals surface area contributed by atoms with Crippen LogP contribution >= 0.6 is 0 Å². The molecule has 0 aliphatic carbocycles. The number of unbranched alkanes of at least 4 members (excludes halogenated alkanes) is 4. The molecular formula is C32H38N2O2+2. The largest absolute Gasteiger partial charge is 0.494 e. The molecule has 0 bridgehead atoms. The Morgan fingerprint density at radius 3 is 1.19 bits per heavy atom. The fraction of sp³-hybridized carbons (Fsp3) is 0.312. The Labute approximate surface area is 215 Å². The molecule has 0 saturated carbocycles. The Morgan fingerprint density at radius 2 is 0.806 bits per heavy atom. The third kappa shape index (κ3) is 8.84. The molecule has 2 aromatic heterocycles. The Morgan fingerprint density at radius 1 is 0.417 bits per heavy atom. The predicted octanol–water partition coefficient (Wildman–Crippen LogP) is 6.43. The Hall–Kier alpha value is -3.66. The Bertz CT molecular complexity index is 1020. The topological polar surface area (TPSA) is 26.2 Å². The van der Waals surface area contributed by atoms with E-state index in [1.54, 1.807) is 0 Å². The van der Waals surface area contributed by atoms with Crippen LogP contribution in [0.3, 0.4) is 0 Å². The second kappa shape index (κ2) is 14.7. The monoisotopic (exact) mass is 482 g/mol.